The zero-order valence-corrected chi connectivity index (χ0v) is 12.0. The van der Waals surface area contributed by atoms with E-state index in [0.717, 1.165) is 26.1 Å². The van der Waals surface area contributed by atoms with Crippen molar-refractivity contribution >= 4 is 5.91 Å². The van der Waals surface area contributed by atoms with Crippen LogP contribution in [-0.2, 0) is 4.79 Å². The molecule has 0 radical (unpaired) electrons. The average molecular weight is 253 g/mol. The third-order valence-electron chi connectivity index (χ3n) is 4.03. The first-order valence-corrected chi connectivity index (χ1v) is 7.29. The highest BCUT2D eigenvalue weighted by atomic mass is 16.2. The van der Waals surface area contributed by atoms with Crippen LogP contribution in [0, 0.1) is 5.92 Å². The highest BCUT2D eigenvalue weighted by Gasteiger charge is 2.33. The molecule has 2 heterocycles. The Bertz CT molecular complexity index is 293. The lowest BCUT2D eigenvalue weighted by atomic mass is 9.98. The summed E-state index contributed by atoms with van der Waals surface area (Å²) in [6.45, 7) is 8.45. The van der Waals surface area contributed by atoms with E-state index in [0.29, 0.717) is 17.9 Å². The maximum Gasteiger partial charge on any atom is 0.239 e. The number of hydrogen-bond acceptors (Lipinski definition) is 3. The van der Waals surface area contributed by atoms with Crippen molar-refractivity contribution in [2.75, 3.05) is 33.2 Å². The summed E-state index contributed by atoms with van der Waals surface area (Å²) in [4.78, 5) is 16.7. The fourth-order valence-electron chi connectivity index (χ4n) is 3.21. The third-order valence-corrected chi connectivity index (χ3v) is 4.03. The number of carbonyl (C=O) groups is 1. The topological polar surface area (TPSA) is 35.6 Å². The molecule has 18 heavy (non-hydrogen) atoms. The van der Waals surface area contributed by atoms with Crippen molar-refractivity contribution in [2.24, 2.45) is 5.92 Å². The molecule has 0 aromatic rings. The Hall–Kier alpha value is -0.610. The predicted molar refractivity (Wildman–Crippen MR) is 73.5 cm³/mol. The summed E-state index contributed by atoms with van der Waals surface area (Å²) in [5, 5.41) is 3.37. The van der Waals surface area contributed by atoms with E-state index in [1.165, 1.54) is 19.4 Å². The molecule has 0 aliphatic carbocycles. The molecule has 2 atom stereocenters. The molecular weight excluding hydrogens is 226 g/mol. The van der Waals surface area contributed by atoms with Crippen LogP contribution < -0.4 is 5.32 Å². The standard InChI is InChI=1S/C14H27N3O/c1-11(2)15-13-6-8-17(14(13)18)10-12-5-4-7-16(3)9-12/h11-13,15H,4-10H2,1-3H3. The summed E-state index contributed by atoms with van der Waals surface area (Å²) in [7, 11) is 2.18. The van der Waals surface area contributed by atoms with Crippen LogP contribution in [-0.4, -0.2) is 61.0 Å². The summed E-state index contributed by atoms with van der Waals surface area (Å²) >= 11 is 0. The zero-order chi connectivity index (χ0) is 13.1. The smallest absolute Gasteiger partial charge is 0.239 e. The molecule has 0 aromatic heterocycles. The van der Waals surface area contributed by atoms with Crippen LogP contribution in [0.25, 0.3) is 0 Å². The Morgan fingerprint density at radius 3 is 2.78 bits per heavy atom. The quantitative estimate of drug-likeness (QED) is 0.809. The van der Waals surface area contributed by atoms with Crippen LogP contribution in [0.15, 0.2) is 0 Å². The Labute approximate surface area is 111 Å². The van der Waals surface area contributed by atoms with Gasteiger partial charge < -0.3 is 15.1 Å². The van der Waals surface area contributed by atoms with Crippen molar-refractivity contribution in [2.45, 2.75) is 45.2 Å². The number of likely N-dealkylation sites (tertiary alicyclic amines) is 2. The Morgan fingerprint density at radius 2 is 2.11 bits per heavy atom. The SMILES string of the molecule is CC(C)NC1CCN(CC2CCCN(C)C2)C1=O. The number of amides is 1. The van der Waals surface area contributed by atoms with Gasteiger partial charge in [0.25, 0.3) is 0 Å². The minimum absolute atomic E-state index is 0.0614. The van der Waals surface area contributed by atoms with Gasteiger partial charge >= 0.3 is 0 Å². The number of hydrogen-bond donors (Lipinski definition) is 1. The maximum absolute atomic E-state index is 12.2. The fraction of sp³-hybridized carbons (Fsp3) is 0.929. The van der Waals surface area contributed by atoms with Crippen LogP contribution in [0.2, 0.25) is 0 Å². The van der Waals surface area contributed by atoms with E-state index in [-0.39, 0.29) is 6.04 Å². The Balaban J connectivity index is 1.82. The predicted octanol–water partition coefficient (Wildman–Crippen LogP) is 0.927. The lowest BCUT2D eigenvalue weighted by Crippen LogP contribution is -2.44. The zero-order valence-electron chi connectivity index (χ0n) is 12.0. The molecule has 2 fully saturated rings. The van der Waals surface area contributed by atoms with Crippen LogP contribution >= 0.6 is 0 Å². The van der Waals surface area contributed by atoms with Gasteiger partial charge in [-0.2, -0.15) is 0 Å². The molecular formula is C14H27N3O. The van der Waals surface area contributed by atoms with Gasteiger partial charge in [-0.1, -0.05) is 13.8 Å². The average Bonchev–Trinajstić information content (AvgIpc) is 2.61. The van der Waals surface area contributed by atoms with Gasteiger partial charge in [0.05, 0.1) is 6.04 Å². The molecule has 4 nitrogen and oxygen atoms in total. The van der Waals surface area contributed by atoms with E-state index in [1.807, 2.05) is 0 Å². The summed E-state index contributed by atoms with van der Waals surface area (Å²) in [6, 6.07) is 0.450. The number of nitrogens with zero attached hydrogens (tertiary/aromatic N) is 2. The van der Waals surface area contributed by atoms with Gasteiger partial charge in [-0.05, 0) is 38.8 Å². The minimum atomic E-state index is 0.0614. The monoisotopic (exact) mass is 253 g/mol. The van der Waals surface area contributed by atoms with Crippen molar-refractivity contribution in [3.8, 4) is 0 Å². The van der Waals surface area contributed by atoms with E-state index in [9.17, 15) is 4.79 Å². The van der Waals surface area contributed by atoms with Crippen LogP contribution in [0.1, 0.15) is 33.1 Å². The molecule has 0 bridgehead atoms. The summed E-state index contributed by atoms with van der Waals surface area (Å²) in [5.41, 5.74) is 0. The van der Waals surface area contributed by atoms with Gasteiger partial charge in [0.15, 0.2) is 0 Å². The molecule has 2 saturated heterocycles. The molecule has 2 rings (SSSR count). The Kier molecular flexibility index (Phi) is 4.62. The lowest BCUT2D eigenvalue weighted by molar-refractivity contribution is -0.130. The van der Waals surface area contributed by atoms with Crippen molar-refractivity contribution in [3.05, 3.63) is 0 Å². The molecule has 2 aliphatic rings. The highest BCUT2D eigenvalue weighted by Crippen LogP contribution is 2.20. The van der Waals surface area contributed by atoms with Crippen molar-refractivity contribution in [3.63, 3.8) is 0 Å². The van der Waals surface area contributed by atoms with Gasteiger partial charge in [0.1, 0.15) is 0 Å². The van der Waals surface area contributed by atoms with E-state index in [1.54, 1.807) is 0 Å². The second kappa shape index (κ2) is 6.02. The second-order valence-corrected chi connectivity index (χ2v) is 6.22. The second-order valence-electron chi connectivity index (χ2n) is 6.22. The molecule has 2 unspecified atom stereocenters. The molecule has 104 valence electrons. The summed E-state index contributed by atoms with van der Waals surface area (Å²) in [6.07, 6.45) is 3.52. The number of carbonyl (C=O) groups excluding carboxylic acids is 1. The van der Waals surface area contributed by atoms with Crippen LogP contribution in [0.3, 0.4) is 0 Å². The van der Waals surface area contributed by atoms with Crippen LogP contribution in [0.4, 0.5) is 0 Å². The van der Waals surface area contributed by atoms with Crippen LogP contribution in [0.5, 0.6) is 0 Å². The number of rotatable bonds is 4. The first kappa shape index (κ1) is 13.8. The number of nitrogens with one attached hydrogen (secondary N) is 1. The largest absolute Gasteiger partial charge is 0.341 e. The third kappa shape index (κ3) is 3.45. The summed E-state index contributed by atoms with van der Waals surface area (Å²) < 4.78 is 0. The van der Waals surface area contributed by atoms with Gasteiger partial charge in [-0.15, -0.1) is 0 Å². The maximum atomic E-state index is 12.2. The highest BCUT2D eigenvalue weighted by molar-refractivity contribution is 5.84. The number of piperidine rings is 1. The first-order valence-electron chi connectivity index (χ1n) is 7.29. The van der Waals surface area contributed by atoms with E-state index < -0.39 is 0 Å². The van der Waals surface area contributed by atoms with Gasteiger partial charge in [-0.3, -0.25) is 4.79 Å². The van der Waals surface area contributed by atoms with E-state index >= 15 is 0 Å². The molecule has 0 spiro atoms. The molecule has 2 aliphatic heterocycles. The van der Waals surface area contributed by atoms with Gasteiger partial charge in [0.2, 0.25) is 5.91 Å². The molecule has 1 amide bonds. The molecule has 0 aromatic carbocycles. The molecule has 0 saturated carbocycles. The van der Waals surface area contributed by atoms with E-state index in [2.05, 4.69) is 36.0 Å². The van der Waals surface area contributed by atoms with Gasteiger partial charge in [0, 0.05) is 25.7 Å². The fourth-order valence-corrected chi connectivity index (χ4v) is 3.21. The van der Waals surface area contributed by atoms with Gasteiger partial charge in [-0.25, -0.2) is 0 Å². The minimum Gasteiger partial charge on any atom is -0.341 e. The lowest BCUT2D eigenvalue weighted by Gasteiger charge is -2.32. The first-order chi connectivity index (χ1) is 8.56. The Morgan fingerprint density at radius 1 is 1.33 bits per heavy atom. The summed E-state index contributed by atoms with van der Waals surface area (Å²) in [5.74, 6) is 0.988. The molecule has 4 heteroatoms. The van der Waals surface area contributed by atoms with E-state index in [4.69, 9.17) is 0 Å². The molecule has 1 N–H and O–H groups in total. The van der Waals surface area contributed by atoms with Crippen molar-refractivity contribution < 1.29 is 4.79 Å². The van der Waals surface area contributed by atoms with Crippen molar-refractivity contribution in [1.82, 2.24) is 15.1 Å². The normalized spacial score (nSPS) is 30.4. The van der Waals surface area contributed by atoms with Crippen molar-refractivity contribution in [1.29, 1.82) is 0 Å².